The molecule has 0 radical (unpaired) electrons. The minimum Gasteiger partial charge on any atom is -0.459 e. The Hall–Kier alpha value is -1.98. The first-order chi connectivity index (χ1) is 10.6. The third-order valence-corrected chi connectivity index (χ3v) is 3.79. The van der Waals surface area contributed by atoms with E-state index in [2.05, 4.69) is 20.4 Å². The van der Waals surface area contributed by atoms with Crippen molar-refractivity contribution in [3.8, 4) is 0 Å². The fourth-order valence-corrected chi connectivity index (χ4v) is 2.52. The summed E-state index contributed by atoms with van der Waals surface area (Å²) in [6.45, 7) is 10.4. The molecule has 6 heteroatoms. The molecular formula is C17H25NO5. The lowest BCUT2D eigenvalue weighted by atomic mass is 9.95. The number of imide groups is 3. The van der Waals surface area contributed by atoms with Crippen molar-refractivity contribution in [2.45, 2.75) is 59.5 Å². The maximum absolute atomic E-state index is 12.2. The molecule has 0 saturated carbocycles. The molecule has 1 heterocycles. The van der Waals surface area contributed by atoms with Gasteiger partial charge in [0.1, 0.15) is 6.10 Å². The third kappa shape index (κ3) is 5.30. The van der Waals surface area contributed by atoms with Gasteiger partial charge in [0.15, 0.2) is 0 Å². The summed E-state index contributed by atoms with van der Waals surface area (Å²) in [5.41, 5.74) is 0.290. The first-order valence-corrected chi connectivity index (χ1v) is 7.87. The maximum Gasteiger partial charge on any atom is 0.333 e. The van der Waals surface area contributed by atoms with Crippen molar-refractivity contribution in [2.75, 3.05) is 0 Å². The van der Waals surface area contributed by atoms with E-state index < -0.39 is 35.7 Å². The van der Waals surface area contributed by atoms with E-state index in [1.165, 1.54) is 6.92 Å². The van der Waals surface area contributed by atoms with Gasteiger partial charge in [-0.05, 0) is 32.1 Å². The van der Waals surface area contributed by atoms with Gasteiger partial charge in [-0.2, -0.15) is 0 Å². The van der Waals surface area contributed by atoms with Gasteiger partial charge in [0.25, 0.3) is 0 Å². The number of esters is 1. The van der Waals surface area contributed by atoms with Crippen LogP contribution < -0.4 is 0 Å². The predicted octanol–water partition coefficient (Wildman–Crippen LogP) is 2.22. The van der Waals surface area contributed by atoms with Gasteiger partial charge < -0.3 is 4.74 Å². The van der Waals surface area contributed by atoms with E-state index >= 15 is 0 Å². The lowest BCUT2D eigenvalue weighted by molar-refractivity contribution is -0.151. The predicted molar refractivity (Wildman–Crippen MR) is 84.0 cm³/mol. The van der Waals surface area contributed by atoms with Crippen LogP contribution >= 0.6 is 0 Å². The molecule has 0 aromatic heterocycles. The summed E-state index contributed by atoms with van der Waals surface area (Å²) in [5, 5.41) is 0. The second-order valence-corrected chi connectivity index (χ2v) is 6.50. The number of carbonyl (C=O) groups is 4. The van der Waals surface area contributed by atoms with Gasteiger partial charge in [-0.1, -0.05) is 20.4 Å². The van der Waals surface area contributed by atoms with E-state index in [0.29, 0.717) is 22.8 Å². The van der Waals surface area contributed by atoms with Crippen LogP contribution in [0, 0.1) is 11.8 Å². The Bertz CT molecular complexity index is 523. The van der Waals surface area contributed by atoms with Crippen LogP contribution in [0.1, 0.15) is 53.4 Å². The first-order valence-electron chi connectivity index (χ1n) is 7.87. The monoisotopic (exact) mass is 323 g/mol. The Labute approximate surface area is 136 Å². The van der Waals surface area contributed by atoms with Crippen LogP contribution in [0.4, 0.5) is 0 Å². The van der Waals surface area contributed by atoms with Crippen molar-refractivity contribution in [1.29, 1.82) is 0 Å². The van der Waals surface area contributed by atoms with Crippen LogP contribution in [0.25, 0.3) is 0 Å². The van der Waals surface area contributed by atoms with E-state index in [1.807, 2.05) is 0 Å². The Morgan fingerprint density at radius 1 is 1.26 bits per heavy atom. The van der Waals surface area contributed by atoms with E-state index in [1.54, 1.807) is 6.92 Å². The van der Waals surface area contributed by atoms with Gasteiger partial charge >= 0.3 is 5.97 Å². The highest BCUT2D eigenvalue weighted by Gasteiger charge is 2.42. The lowest BCUT2D eigenvalue weighted by Crippen LogP contribution is -2.35. The van der Waals surface area contributed by atoms with E-state index in [0.717, 1.165) is 6.42 Å². The molecule has 0 N–H and O–H groups in total. The zero-order valence-corrected chi connectivity index (χ0v) is 14.3. The van der Waals surface area contributed by atoms with Gasteiger partial charge in [0.2, 0.25) is 17.7 Å². The molecule has 2 unspecified atom stereocenters. The number of hydrogen-bond acceptors (Lipinski definition) is 5. The summed E-state index contributed by atoms with van der Waals surface area (Å²) in [7, 11) is 0. The molecule has 1 aliphatic heterocycles. The van der Waals surface area contributed by atoms with Gasteiger partial charge in [-0.3, -0.25) is 14.4 Å². The number of likely N-dealkylation sites (tertiary alicyclic amines) is 1. The molecular weight excluding hydrogens is 298 g/mol. The quantitative estimate of drug-likeness (QED) is 0.408. The molecule has 6 nitrogen and oxygen atoms in total. The van der Waals surface area contributed by atoms with Crippen LogP contribution in [0.2, 0.25) is 0 Å². The zero-order valence-electron chi connectivity index (χ0n) is 14.3. The maximum atomic E-state index is 12.2. The Morgan fingerprint density at radius 2 is 1.87 bits per heavy atom. The number of nitrogens with zero attached hydrogens (tertiary/aromatic N) is 1. The van der Waals surface area contributed by atoms with E-state index in [4.69, 9.17) is 4.74 Å². The highest BCUT2D eigenvalue weighted by atomic mass is 16.5. The minimum absolute atomic E-state index is 0.0127. The highest BCUT2D eigenvalue weighted by Crippen LogP contribution is 2.27. The number of hydrogen-bond donors (Lipinski definition) is 0. The first kappa shape index (κ1) is 19.1. The minimum atomic E-state index is -0.610. The second-order valence-electron chi connectivity index (χ2n) is 6.50. The fourth-order valence-electron chi connectivity index (χ4n) is 2.52. The van der Waals surface area contributed by atoms with Gasteiger partial charge in [-0.25, -0.2) is 9.69 Å². The summed E-state index contributed by atoms with van der Waals surface area (Å²) in [5.74, 6) is -2.24. The van der Waals surface area contributed by atoms with Crippen molar-refractivity contribution in [1.82, 2.24) is 4.90 Å². The molecule has 0 aliphatic carbocycles. The second kappa shape index (κ2) is 8.04. The summed E-state index contributed by atoms with van der Waals surface area (Å²) in [6, 6.07) is 0. The topological polar surface area (TPSA) is 80.8 Å². The van der Waals surface area contributed by atoms with Crippen LogP contribution in [-0.4, -0.2) is 34.7 Å². The fraction of sp³-hybridized carbons (Fsp3) is 0.647. The summed E-state index contributed by atoms with van der Waals surface area (Å²) < 4.78 is 5.40. The number of carbonyl (C=O) groups excluding carboxylic acids is 4. The molecule has 2 atom stereocenters. The summed E-state index contributed by atoms with van der Waals surface area (Å²) in [6.07, 6.45) is 1.21. The average molecular weight is 323 g/mol. The molecule has 0 spiro atoms. The van der Waals surface area contributed by atoms with Crippen LogP contribution in [0.3, 0.4) is 0 Å². The summed E-state index contributed by atoms with van der Waals surface area (Å²) >= 11 is 0. The van der Waals surface area contributed by atoms with Crippen LogP contribution in [0.5, 0.6) is 0 Å². The zero-order chi connectivity index (χ0) is 17.7. The smallest absolute Gasteiger partial charge is 0.333 e. The highest BCUT2D eigenvalue weighted by molar-refractivity contribution is 6.15. The molecule has 0 aromatic rings. The molecule has 0 bridgehead atoms. The summed E-state index contributed by atoms with van der Waals surface area (Å²) in [4.78, 5) is 47.8. The lowest BCUT2D eigenvalue weighted by Gasteiger charge is -2.21. The SMILES string of the molecule is C=C(C)C(=O)OC(CCC(C)C)CC1CC(=O)N(C(C)=O)C1=O. The number of ether oxygens (including phenoxy) is 1. The van der Waals surface area contributed by atoms with Gasteiger partial charge in [-0.15, -0.1) is 0 Å². The third-order valence-electron chi connectivity index (χ3n) is 3.79. The molecule has 1 rings (SSSR count). The molecule has 128 valence electrons. The normalized spacial score (nSPS) is 19.2. The number of amides is 3. The Morgan fingerprint density at radius 3 is 2.30 bits per heavy atom. The molecule has 1 aliphatic rings. The number of rotatable bonds is 7. The standard InChI is InChI=1S/C17H25NO5/c1-10(2)6-7-14(23-17(22)11(3)4)8-13-9-15(20)18(12(5)19)16(13)21/h10,13-14H,3,6-9H2,1-2,4-5H3. The molecule has 3 amide bonds. The van der Waals surface area contributed by atoms with Crippen molar-refractivity contribution in [3.63, 3.8) is 0 Å². The van der Waals surface area contributed by atoms with Crippen LogP contribution in [-0.2, 0) is 23.9 Å². The van der Waals surface area contributed by atoms with Gasteiger partial charge in [0.05, 0.1) is 5.92 Å². The average Bonchev–Trinajstić information content (AvgIpc) is 2.70. The van der Waals surface area contributed by atoms with Crippen LogP contribution in [0.15, 0.2) is 12.2 Å². The Balaban J connectivity index is 2.78. The molecule has 0 aromatic carbocycles. The van der Waals surface area contributed by atoms with Crippen molar-refractivity contribution in [2.24, 2.45) is 11.8 Å². The Kier molecular flexibility index (Phi) is 6.66. The van der Waals surface area contributed by atoms with Crippen molar-refractivity contribution < 1.29 is 23.9 Å². The van der Waals surface area contributed by atoms with E-state index in [9.17, 15) is 19.2 Å². The van der Waals surface area contributed by atoms with Gasteiger partial charge in [0, 0.05) is 18.9 Å². The molecule has 23 heavy (non-hydrogen) atoms. The molecule has 1 saturated heterocycles. The van der Waals surface area contributed by atoms with Crippen molar-refractivity contribution >= 4 is 23.7 Å². The largest absolute Gasteiger partial charge is 0.459 e. The van der Waals surface area contributed by atoms with E-state index in [-0.39, 0.29) is 12.8 Å². The molecule has 1 fully saturated rings. The van der Waals surface area contributed by atoms with Crippen molar-refractivity contribution in [3.05, 3.63) is 12.2 Å².